The zero-order valence-corrected chi connectivity index (χ0v) is 13.8. The fourth-order valence-corrected chi connectivity index (χ4v) is 3.82. The molecule has 3 aromatic rings. The van der Waals surface area contributed by atoms with Crippen molar-refractivity contribution in [2.24, 2.45) is 0 Å². The fourth-order valence-electron chi connectivity index (χ4n) is 2.19. The molecule has 2 N–H and O–H groups in total. The lowest BCUT2D eigenvalue weighted by Crippen LogP contribution is -2.21. The molecule has 0 aliphatic carbocycles. The maximum atomic E-state index is 11.8. The van der Waals surface area contributed by atoms with E-state index in [4.69, 9.17) is 0 Å². The van der Waals surface area contributed by atoms with E-state index >= 15 is 0 Å². The molecule has 2 heterocycles. The molecule has 0 aliphatic heterocycles. The van der Waals surface area contributed by atoms with Crippen molar-refractivity contribution in [3.8, 4) is 10.4 Å². The quantitative estimate of drug-likeness (QED) is 0.676. The van der Waals surface area contributed by atoms with E-state index in [0.29, 0.717) is 4.88 Å². The van der Waals surface area contributed by atoms with E-state index in [2.05, 4.69) is 4.98 Å². The number of carboxylic acid groups (broad SMARTS) is 1. The highest BCUT2D eigenvalue weighted by Gasteiger charge is 2.26. The lowest BCUT2D eigenvalue weighted by molar-refractivity contribution is 0.0703. The van der Waals surface area contributed by atoms with Gasteiger partial charge in [-0.3, -0.25) is 4.55 Å². The molecule has 2 aromatic heterocycles. The normalized spacial score (nSPS) is 11.9. The lowest BCUT2D eigenvalue weighted by atomic mass is 10.2. The molecule has 0 saturated heterocycles. The summed E-state index contributed by atoms with van der Waals surface area (Å²) < 4.78 is 22.5. The fraction of sp³-hybridized carbons (Fsp3) is 0. The molecule has 3 rings (SSSR count). The van der Waals surface area contributed by atoms with E-state index in [1.54, 1.807) is 24.3 Å². The second-order valence-electron chi connectivity index (χ2n) is 4.71. The third-order valence-corrected chi connectivity index (χ3v) is 5.05. The van der Waals surface area contributed by atoms with Gasteiger partial charge in [0.15, 0.2) is 0 Å². The molecule has 0 spiro atoms. The first kappa shape index (κ1) is 16.3. The zero-order valence-electron chi connectivity index (χ0n) is 12.2. The first-order valence-electron chi connectivity index (χ1n) is 6.82. The van der Waals surface area contributed by atoms with Crippen LogP contribution in [0.15, 0.2) is 60.8 Å². The number of aromatic carboxylic acids is 1. The van der Waals surface area contributed by atoms with Crippen LogP contribution in [0.2, 0.25) is 0 Å². The molecule has 0 saturated carbocycles. The van der Waals surface area contributed by atoms with Crippen molar-refractivity contribution >= 4 is 40.1 Å². The molecular weight excluding hydrogens is 348 g/mol. The van der Waals surface area contributed by atoms with Crippen LogP contribution in [0.4, 0.5) is 11.5 Å². The summed E-state index contributed by atoms with van der Waals surface area (Å²) >= 11 is -1.41. The van der Waals surface area contributed by atoms with Crippen LogP contribution in [-0.2, 0) is 11.3 Å². The van der Waals surface area contributed by atoms with Crippen molar-refractivity contribution in [1.82, 2.24) is 4.98 Å². The summed E-state index contributed by atoms with van der Waals surface area (Å²) in [7, 11) is 0. The Balaban J connectivity index is 2.16. The van der Waals surface area contributed by atoms with Crippen LogP contribution in [0.1, 0.15) is 9.67 Å². The first-order chi connectivity index (χ1) is 11.6. The Kier molecular flexibility index (Phi) is 4.70. The van der Waals surface area contributed by atoms with Gasteiger partial charge in [-0.25, -0.2) is 18.3 Å². The van der Waals surface area contributed by atoms with Gasteiger partial charge >= 0.3 is 5.97 Å². The van der Waals surface area contributed by atoms with Crippen LogP contribution in [0.25, 0.3) is 10.4 Å². The predicted octanol–water partition coefficient (Wildman–Crippen LogP) is 3.78. The van der Waals surface area contributed by atoms with Gasteiger partial charge < -0.3 is 5.11 Å². The number of aromatic nitrogens is 1. The Labute approximate surface area is 144 Å². The number of anilines is 2. The van der Waals surface area contributed by atoms with Crippen molar-refractivity contribution in [2.45, 2.75) is 0 Å². The molecule has 122 valence electrons. The highest BCUT2D eigenvalue weighted by atomic mass is 32.2. The van der Waals surface area contributed by atoms with Crippen molar-refractivity contribution in [3.05, 3.63) is 65.7 Å². The molecule has 1 atom stereocenters. The van der Waals surface area contributed by atoms with Gasteiger partial charge in [0.05, 0.1) is 5.69 Å². The Bertz CT molecular complexity index is 882. The number of nitrogens with zero attached hydrogens (tertiary/aromatic N) is 2. The average Bonchev–Trinajstić information content (AvgIpc) is 3.01. The van der Waals surface area contributed by atoms with Gasteiger partial charge in [0, 0.05) is 11.1 Å². The van der Waals surface area contributed by atoms with Gasteiger partial charge in [-0.2, -0.15) is 0 Å². The largest absolute Gasteiger partial charge is 0.477 e. The lowest BCUT2D eigenvalue weighted by Gasteiger charge is -2.18. The highest BCUT2D eigenvalue weighted by Crippen LogP contribution is 2.39. The number of thiophene rings is 1. The van der Waals surface area contributed by atoms with Gasteiger partial charge in [0.2, 0.25) is 0 Å². The number of hydrogen-bond donors (Lipinski definition) is 2. The molecule has 0 fully saturated rings. The Hall–Kier alpha value is -2.55. The minimum absolute atomic E-state index is 0.0260. The Morgan fingerprint density at radius 1 is 1.12 bits per heavy atom. The van der Waals surface area contributed by atoms with E-state index < -0.39 is 17.2 Å². The number of hydrogen-bond acceptors (Lipinski definition) is 4. The predicted molar refractivity (Wildman–Crippen MR) is 93.9 cm³/mol. The molecule has 0 bridgehead atoms. The zero-order chi connectivity index (χ0) is 17.1. The van der Waals surface area contributed by atoms with Crippen molar-refractivity contribution < 1.29 is 18.7 Å². The van der Waals surface area contributed by atoms with Crippen LogP contribution in [-0.4, -0.2) is 24.8 Å². The Morgan fingerprint density at radius 2 is 1.83 bits per heavy atom. The standard InChI is InChI=1S/C16H12N2O4S2/c19-16(20)15-12(10-13(23-15)11-6-2-1-3-7-11)18(24(21)22)14-8-4-5-9-17-14/h1-10H,(H,19,20)(H,21,22). The van der Waals surface area contributed by atoms with Crippen LogP contribution in [0, 0.1) is 0 Å². The summed E-state index contributed by atoms with van der Waals surface area (Å²) in [5.41, 5.74) is 0.965. The first-order valence-corrected chi connectivity index (χ1v) is 8.70. The van der Waals surface area contributed by atoms with Crippen LogP contribution in [0.5, 0.6) is 0 Å². The molecule has 8 heteroatoms. The summed E-state index contributed by atoms with van der Waals surface area (Å²) in [6.07, 6.45) is 1.47. The average molecular weight is 360 g/mol. The van der Waals surface area contributed by atoms with Gasteiger partial charge in [0.25, 0.3) is 11.3 Å². The third-order valence-electron chi connectivity index (χ3n) is 3.20. The second-order valence-corrected chi connectivity index (χ2v) is 6.59. The van der Waals surface area contributed by atoms with Crippen LogP contribution >= 0.6 is 11.3 Å². The molecule has 0 amide bonds. The summed E-state index contributed by atoms with van der Waals surface area (Å²) in [4.78, 5) is 16.3. The monoisotopic (exact) mass is 360 g/mol. The van der Waals surface area contributed by atoms with E-state index in [1.165, 1.54) is 6.20 Å². The number of pyridine rings is 1. The van der Waals surface area contributed by atoms with Gasteiger partial charge in [0.1, 0.15) is 10.7 Å². The van der Waals surface area contributed by atoms with Crippen molar-refractivity contribution in [2.75, 3.05) is 4.31 Å². The van der Waals surface area contributed by atoms with Crippen LogP contribution < -0.4 is 4.31 Å². The van der Waals surface area contributed by atoms with Gasteiger partial charge in [-0.15, -0.1) is 11.3 Å². The van der Waals surface area contributed by atoms with E-state index in [0.717, 1.165) is 21.2 Å². The van der Waals surface area contributed by atoms with Crippen molar-refractivity contribution in [1.29, 1.82) is 0 Å². The van der Waals surface area contributed by atoms with E-state index in [-0.39, 0.29) is 16.4 Å². The highest BCUT2D eigenvalue weighted by molar-refractivity contribution is 7.81. The minimum atomic E-state index is -2.46. The smallest absolute Gasteiger partial charge is 0.348 e. The minimum Gasteiger partial charge on any atom is -0.477 e. The molecule has 0 aliphatic rings. The Morgan fingerprint density at radius 3 is 2.42 bits per heavy atom. The van der Waals surface area contributed by atoms with Gasteiger partial charge in [-0.05, 0) is 23.8 Å². The number of carbonyl (C=O) groups is 1. The molecule has 1 unspecified atom stereocenters. The summed E-state index contributed by atoms with van der Waals surface area (Å²) in [5, 5.41) is 9.49. The summed E-state index contributed by atoms with van der Waals surface area (Å²) in [5.74, 6) is -0.971. The molecular formula is C16H12N2O4S2. The topological polar surface area (TPSA) is 90.7 Å². The number of rotatable bonds is 5. The van der Waals surface area contributed by atoms with Crippen molar-refractivity contribution in [3.63, 3.8) is 0 Å². The maximum Gasteiger partial charge on any atom is 0.348 e. The number of carboxylic acids is 1. The summed E-state index contributed by atoms with van der Waals surface area (Å²) in [6, 6.07) is 15.7. The number of benzene rings is 1. The molecule has 6 nitrogen and oxygen atoms in total. The molecule has 1 aromatic carbocycles. The molecule has 24 heavy (non-hydrogen) atoms. The second kappa shape index (κ2) is 6.91. The van der Waals surface area contributed by atoms with E-state index in [9.17, 15) is 18.7 Å². The van der Waals surface area contributed by atoms with Gasteiger partial charge in [-0.1, -0.05) is 36.4 Å². The van der Waals surface area contributed by atoms with E-state index in [1.807, 2.05) is 30.3 Å². The summed E-state index contributed by atoms with van der Waals surface area (Å²) in [6.45, 7) is 0. The van der Waals surface area contributed by atoms with Crippen LogP contribution in [0.3, 0.4) is 0 Å². The molecule has 0 radical (unpaired) electrons. The third kappa shape index (κ3) is 3.21. The maximum absolute atomic E-state index is 11.8. The SMILES string of the molecule is O=C(O)c1sc(-c2ccccc2)cc1N(c1ccccn1)S(=O)O.